The molecule has 1 aliphatic heterocycles. The third-order valence-electron chi connectivity index (χ3n) is 10.4. The van der Waals surface area contributed by atoms with Gasteiger partial charge in [0.1, 0.15) is 0 Å². The maximum atomic E-state index is 12.3. The van der Waals surface area contributed by atoms with Gasteiger partial charge in [0.05, 0.1) is 12.2 Å². The topological polar surface area (TPSA) is 55.8 Å². The third kappa shape index (κ3) is 4.68. The lowest BCUT2D eigenvalue weighted by Crippen LogP contribution is -2.50. The summed E-state index contributed by atoms with van der Waals surface area (Å²) in [4.78, 5) is 13.6. The largest absolute Gasteiger partial charge is 0.385 e. The van der Waals surface area contributed by atoms with Gasteiger partial charge in [-0.25, -0.2) is 0 Å². The van der Waals surface area contributed by atoms with E-state index in [1.807, 2.05) is 12.2 Å². The molecule has 38 heavy (non-hydrogen) atoms. The maximum absolute atomic E-state index is 12.3. The number of carbonyl (C=O) groups excluding carboxylic acids is 1. The molecule has 4 nitrogen and oxygen atoms in total. The average molecular weight is 535 g/mol. The molecule has 3 fully saturated rings. The van der Waals surface area contributed by atoms with E-state index in [4.69, 9.17) is 9.47 Å². The Bertz CT molecular complexity index is 1140. The molecular weight excluding hydrogens is 492 g/mol. The van der Waals surface area contributed by atoms with Gasteiger partial charge in [-0.1, -0.05) is 36.8 Å². The first-order valence-electron chi connectivity index (χ1n) is 14.7. The first-order chi connectivity index (χ1) is 18.4. The lowest BCUT2D eigenvalue weighted by atomic mass is 9.51. The second-order valence-corrected chi connectivity index (χ2v) is 13.1. The minimum atomic E-state index is -0.846. The molecule has 1 heterocycles. The van der Waals surface area contributed by atoms with Gasteiger partial charge in [0.2, 0.25) is 0 Å². The number of ketones is 1. The Kier molecular flexibility index (Phi) is 7.49. The van der Waals surface area contributed by atoms with Gasteiger partial charge in [0.15, 0.2) is 12.1 Å². The Morgan fingerprint density at radius 3 is 2.74 bits per heavy atom. The van der Waals surface area contributed by atoms with Crippen molar-refractivity contribution in [3.63, 3.8) is 0 Å². The monoisotopic (exact) mass is 534 g/mol. The number of fused-ring (bicyclic) bond motifs is 4. The summed E-state index contributed by atoms with van der Waals surface area (Å²) in [6, 6.07) is 9.09. The van der Waals surface area contributed by atoms with Crippen molar-refractivity contribution in [1.29, 1.82) is 0 Å². The molecule has 5 aliphatic rings. The molecule has 1 aromatic carbocycles. The predicted octanol–water partition coefficient (Wildman–Crippen LogP) is 7.14. The van der Waals surface area contributed by atoms with Crippen LogP contribution in [0.1, 0.15) is 82.6 Å². The fourth-order valence-electron chi connectivity index (χ4n) is 8.36. The van der Waals surface area contributed by atoms with Crippen LogP contribution in [0.4, 0.5) is 0 Å². The highest BCUT2D eigenvalue weighted by Crippen LogP contribution is 2.67. The summed E-state index contributed by atoms with van der Waals surface area (Å²) in [6.45, 7) is 3.61. The number of ether oxygens (including phenoxy) is 2. The summed E-state index contributed by atoms with van der Waals surface area (Å²) in [6.07, 6.45) is 17.6. The highest BCUT2D eigenvalue weighted by Gasteiger charge is 2.62. The van der Waals surface area contributed by atoms with E-state index in [0.717, 1.165) is 64.4 Å². The number of hydrogen-bond acceptors (Lipinski definition) is 5. The SMILES string of the molecule is CSc1ccc([C@H]2C[C@@]3(C)[C@@H](CC[C@@]3(O)C=CCOC3CCCCO3)[C@@H]3CCC4=CC(=O)CCC4=C32)cc1. The quantitative estimate of drug-likeness (QED) is 0.311. The lowest BCUT2D eigenvalue weighted by Gasteiger charge is -2.54. The van der Waals surface area contributed by atoms with Crippen molar-refractivity contribution in [2.24, 2.45) is 17.3 Å². The van der Waals surface area contributed by atoms with Gasteiger partial charge >= 0.3 is 0 Å². The van der Waals surface area contributed by atoms with Gasteiger partial charge in [-0.15, -0.1) is 11.8 Å². The van der Waals surface area contributed by atoms with E-state index < -0.39 is 5.60 Å². The van der Waals surface area contributed by atoms with Crippen molar-refractivity contribution >= 4 is 17.5 Å². The van der Waals surface area contributed by atoms with E-state index in [2.05, 4.69) is 43.5 Å². The van der Waals surface area contributed by atoms with Gasteiger partial charge in [-0.3, -0.25) is 4.79 Å². The second-order valence-electron chi connectivity index (χ2n) is 12.3. The van der Waals surface area contributed by atoms with E-state index in [9.17, 15) is 9.90 Å². The van der Waals surface area contributed by atoms with Crippen molar-refractivity contribution in [3.8, 4) is 0 Å². The number of allylic oxidation sites excluding steroid dienone is 4. The van der Waals surface area contributed by atoms with Crippen LogP contribution in [0.15, 0.2) is 64.1 Å². The van der Waals surface area contributed by atoms with Crippen LogP contribution >= 0.6 is 11.8 Å². The van der Waals surface area contributed by atoms with Crippen LogP contribution in [0, 0.1) is 17.3 Å². The molecule has 0 aromatic heterocycles. The van der Waals surface area contributed by atoms with Gasteiger partial charge in [-0.2, -0.15) is 0 Å². The zero-order valence-corrected chi connectivity index (χ0v) is 23.7. The number of rotatable bonds is 6. The fraction of sp³-hybridized carbons (Fsp3) is 0.606. The highest BCUT2D eigenvalue weighted by atomic mass is 32.2. The molecule has 6 rings (SSSR count). The molecule has 1 saturated heterocycles. The lowest BCUT2D eigenvalue weighted by molar-refractivity contribution is -0.155. The molecule has 0 bridgehead atoms. The number of aliphatic hydroxyl groups is 1. The molecule has 5 heteroatoms. The Morgan fingerprint density at radius 1 is 1.13 bits per heavy atom. The van der Waals surface area contributed by atoms with Gasteiger partial charge in [0.25, 0.3) is 0 Å². The van der Waals surface area contributed by atoms with E-state index in [0.29, 0.717) is 24.9 Å². The molecule has 1 N–H and O–H groups in total. The van der Waals surface area contributed by atoms with Crippen molar-refractivity contribution in [3.05, 3.63) is 64.8 Å². The first kappa shape index (κ1) is 26.6. The molecule has 1 unspecified atom stereocenters. The molecule has 1 aromatic rings. The minimum Gasteiger partial charge on any atom is -0.385 e. The number of carbonyl (C=O) groups is 1. The van der Waals surface area contributed by atoms with Crippen molar-refractivity contribution < 1.29 is 19.4 Å². The number of thioether (sulfide) groups is 1. The van der Waals surface area contributed by atoms with Gasteiger partial charge in [0, 0.05) is 29.3 Å². The number of benzene rings is 1. The van der Waals surface area contributed by atoms with Crippen molar-refractivity contribution in [2.75, 3.05) is 19.5 Å². The summed E-state index contributed by atoms with van der Waals surface area (Å²) in [5.41, 5.74) is 4.63. The molecular formula is C33H42O4S. The zero-order chi connectivity index (χ0) is 26.3. The van der Waals surface area contributed by atoms with Crippen LogP contribution in [0.2, 0.25) is 0 Å². The first-order valence-corrected chi connectivity index (χ1v) is 15.9. The Morgan fingerprint density at radius 2 is 1.97 bits per heavy atom. The van der Waals surface area contributed by atoms with Crippen molar-refractivity contribution in [1.82, 2.24) is 0 Å². The molecule has 0 radical (unpaired) electrons. The third-order valence-corrected chi connectivity index (χ3v) is 11.1. The Balaban J connectivity index is 1.33. The summed E-state index contributed by atoms with van der Waals surface area (Å²) in [7, 11) is 0. The highest BCUT2D eigenvalue weighted by molar-refractivity contribution is 7.98. The van der Waals surface area contributed by atoms with Crippen LogP contribution < -0.4 is 0 Å². The predicted molar refractivity (Wildman–Crippen MR) is 152 cm³/mol. The molecule has 0 spiro atoms. The Labute approximate surface area is 231 Å². The molecule has 2 saturated carbocycles. The number of hydrogen-bond donors (Lipinski definition) is 1. The normalized spacial score (nSPS) is 37.1. The fourth-order valence-corrected chi connectivity index (χ4v) is 8.76. The standard InChI is InChI=1S/C33H42O4S/c1-32-21-28(22-7-11-25(38-2)12-8-22)31-26-14-10-24(34)20-23(26)9-13-27(31)29(32)15-17-33(32,35)16-5-19-37-30-6-3-4-18-36-30/h5,7-8,11-12,16,20,27-30,35H,3-4,6,9-10,13-15,17-19,21H2,1-2H3/t27-,28+,29-,30?,32-,33-/m0/s1. The summed E-state index contributed by atoms with van der Waals surface area (Å²) in [5.74, 6) is 1.47. The second kappa shape index (κ2) is 10.7. The Hall–Kier alpha value is -1.66. The van der Waals surface area contributed by atoms with Crippen molar-refractivity contribution in [2.45, 2.75) is 93.8 Å². The van der Waals surface area contributed by atoms with Crippen LogP contribution in [0.5, 0.6) is 0 Å². The van der Waals surface area contributed by atoms with Gasteiger partial charge < -0.3 is 14.6 Å². The molecule has 6 atom stereocenters. The smallest absolute Gasteiger partial charge is 0.157 e. The van der Waals surface area contributed by atoms with Gasteiger partial charge in [-0.05, 0) is 111 Å². The van der Waals surface area contributed by atoms with E-state index in [-0.39, 0.29) is 23.4 Å². The average Bonchev–Trinajstić information content (AvgIpc) is 3.21. The molecule has 4 aliphatic carbocycles. The van der Waals surface area contributed by atoms with Crippen LogP contribution in [0.3, 0.4) is 0 Å². The molecule has 204 valence electrons. The zero-order valence-electron chi connectivity index (χ0n) is 22.9. The summed E-state index contributed by atoms with van der Waals surface area (Å²) in [5, 5.41) is 12.2. The van der Waals surface area contributed by atoms with E-state index >= 15 is 0 Å². The summed E-state index contributed by atoms with van der Waals surface area (Å²) >= 11 is 1.77. The maximum Gasteiger partial charge on any atom is 0.157 e. The van der Waals surface area contributed by atoms with E-state index in [1.165, 1.54) is 21.6 Å². The minimum absolute atomic E-state index is 0.112. The van der Waals surface area contributed by atoms with Crippen LogP contribution in [-0.4, -0.2) is 42.3 Å². The van der Waals surface area contributed by atoms with Crippen LogP contribution in [-0.2, 0) is 14.3 Å². The van der Waals surface area contributed by atoms with E-state index in [1.54, 1.807) is 17.3 Å². The summed E-state index contributed by atoms with van der Waals surface area (Å²) < 4.78 is 11.7. The molecule has 0 amide bonds. The van der Waals surface area contributed by atoms with Crippen LogP contribution in [0.25, 0.3) is 0 Å².